The molecule has 0 saturated carbocycles. The van der Waals surface area contributed by atoms with Gasteiger partial charge in [0.15, 0.2) is 0 Å². The molecule has 22 valence electrons. The Kier molecular flexibility index (Phi) is 183. The predicted octanol–water partition coefficient (Wildman–Crippen LogP) is -0.645. The van der Waals surface area contributed by atoms with Crippen LogP contribution in [0.1, 0.15) is 0 Å². The molecule has 0 aliphatic heterocycles. The van der Waals surface area contributed by atoms with Gasteiger partial charge in [-0.25, -0.2) is 0 Å². The molecule has 0 fully saturated rings. The molecule has 0 amide bonds. The van der Waals surface area contributed by atoms with Crippen molar-refractivity contribution in [2.75, 3.05) is 0 Å². The SMILES string of the molecule is P.P.[B][B]. The van der Waals surface area contributed by atoms with Crippen molar-refractivity contribution in [3.63, 3.8) is 0 Å². The second kappa shape index (κ2) is 36.4. The summed E-state index contributed by atoms with van der Waals surface area (Å²) in [6.45, 7) is 0. The van der Waals surface area contributed by atoms with Gasteiger partial charge in [0, 0.05) is 15.5 Å². The van der Waals surface area contributed by atoms with Crippen molar-refractivity contribution in [2.45, 2.75) is 0 Å². The zero-order valence-corrected chi connectivity index (χ0v) is 5.40. The fourth-order valence-electron chi connectivity index (χ4n) is 0. The molecule has 0 N–H and O–H groups in total. The highest BCUT2D eigenvalue weighted by molar-refractivity contribution is 6.92. The molecular weight excluding hydrogens is 83.6 g/mol. The third-order valence-electron chi connectivity index (χ3n) is 0. The highest BCUT2D eigenvalue weighted by atomic mass is 31.0. The molecule has 0 aromatic carbocycles. The van der Waals surface area contributed by atoms with Gasteiger partial charge in [0.25, 0.3) is 0 Å². The van der Waals surface area contributed by atoms with Gasteiger partial charge in [-0.2, -0.15) is 19.8 Å². The molecular formula is H6B2P2. The van der Waals surface area contributed by atoms with E-state index in [0.29, 0.717) is 0 Å². The van der Waals surface area contributed by atoms with Gasteiger partial charge in [-0.05, 0) is 0 Å². The van der Waals surface area contributed by atoms with Crippen molar-refractivity contribution in [3.05, 3.63) is 0 Å². The number of rotatable bonds is 0. The van der Waals surface area contributed by atoms with E-state index in [1.54, 1.807) is 0 Å². The monoisotopic (exact) mass is 90.0 g/mol. The molecule has 0 heterocycles. The molecule has 0 rings (SSSR count). The van der Waals surface area contributed by atoms with Crippen LogP contribution in [0.2, 0.25) is 0 Å². The fraction of sp³-hybridized carbons (Fsp3) is 0. The second-order valence-electron chi connectivity index (χ2n) is 0. The Morgan fingerprint density at radius 1 is 0.750 bits per heavy atom. The van der Waals surface area contributed by atoms with Crippen LogP contribution < -0.4 is 0 Å². The molecule has 0 bridgehead atoms. The van der Waals surface area contributed by atoms with E-state index in [4.69, 9.17) is 0 Å². The van der Waals surface area contributed by atoms with E-state index in [2.05, 4.69) is 15.5 Å². The zero-order chi connectivity index (χ0) is 2.00. The Hall–Kier alpha value is 0.990. The minimum Gasteiger partial charge on any atom is -0.153 e. The molecule has 2 atom stereocenters. The van der Waals surface area contributed by atoms with Crippen LogP contribution in [0.5, 0.6) is 0 Å². The van der Waals surface area contributed by atoms with E-state index >= 15 is 0 Å². The molecule has 0 saturated heterocycles. The third-order valence-corrected chi connectivity index (χ3v) is 0. The van der Waals surface area contributed by atoms with E-state index in [-0.39, 0.29) is 19.8 Å². The summed E-state index contributed by atoms with van der Waals surface area (Å²) in [7, 11) is 8.00. The lowest BCUT2D eigenvalue weighted by molar-refractivity contribution is 4.75. The first-order chi connectivity index (χ1) is 1.00. The highest BCUT2D eigenvalue weighted by Gasteiger charge is 1.00. The van der Waals surface area contributed by atoms with E-state index in [9.17, 15) is 0 Å². The van der Waals surface area contributed by atoms with Gasteiger partial charge in [0.2, 0.25) is 0 Å². The normalized spacial score (nSPS) is 1.00. The molecule has 4 heavy (non-hydrogen) atoms. The van der Waals surface area contributed by atoms with E-state index in [1.807, 2.05) is 0 Å². The molecule has 0 aromatic heterocycles. The van der Waals surface area contributed by atoms with Crippen LogP contribution in [0.3, 0.4) is 0 Å². The van der Waals surface area contributed by atoms with Gasteiger partial charge >= 0.3 is 0 Å². The van der Waals surface area contributed by atoms with Crippen molar-refractivity contribution in [1.29, 1.82) is 0 Å². The Bertz CT molecular complexity index is 4.00. The fourth-order valence-corrected chi connectivity index (χ4v) is 0. The van der Waals surface area contributed by atoms with E-state index < -0.39 is 0 Å². The number of hydrogen-bond donors (Lipinski definition) is 0. The van der Waals surface area contributed by atoms with Crippen molar-refractivity contribution in [2.24, 2.45) is 0 Å². The Labute approximate surface area is 36.2 Å². The van der Waals surface area contributed by atoms with Crippen molar-refractivity contribution in [3.8, 4) is 0 Å². The molecule has 0 spiro atoms. The first kappa shape index (κ1) is 20.1. The molecule has 0 aliphatic rings. The first-order valence-electron chi connectivity index (χ1n) is 0.333. The second-order valence-corrected chi connectivity index (χ2v) is 0. The minimum atomic E-state index is 0. The van der Waals surface area contributed by atoms with Crippen molar-refractivity contribution >= 4 is 35.3 Å². The summed E-state index contributed by atoms with van der Waals surface area (Å²) >= 11 is 0. The molecule has 0 aliphatic carbocycles. The largest absolute Gasteiger partial charge is 0.153 e. The summed E-state index contributed by atoms with van der Waals surface area (Å²) in [4.78, 5) is 0. The summed E-state index contributed by atoms with van der Waals surface area (Å²) in [6.07, 6.45) is 0. The maximum absolute atomic E-state index is 4.00. The lowest BCUT2D eigenvalue weighted by atomic mass is 9.81. The van der Waals surface area contributed by atoms with Crippen LogP contribution in [0.4, 0.5) is 0 Å². The van der Waals surface area contributed by atoms with Crippen LogP contribution >= 0.6 is 19.8 Å². The molecule has 4 radical (unpaired) electrons. The third kappa shape index (κ3) is 12.1. The van der Waals surface area contributed by atoms with Gasteiger partial charge in [0.1, 0.15) is 0 Å². The van der Waals surface area contributed by atoms with Gasteiger partial charge < -0.3 is 0 Å². The van der Waals surface area contributed by atoms with Crippen LogP contribution in [0.15, 0.2) is 0 Å². The average Bonchev–Trinajstić information content (AvgIpc) is 1.00. The average molecular weight is 89.6 g/mol. The van der Waals surface area contributed by atoms with Crippen LogP contribution in [-0.4, -0.2) is 15.5 Å². The Morgan fingerprint density at radius 3 is 0.750 bits per heavy atom. The van der Waals surface area contributed by atoms with Crippen molar-refractivity contribution < 1.29 is 0 Å². The summed E-state index contributed by atoms with van der Waals surface area (Å²) in [5.41, 5.74) is 0. The van der Waals surface area contributed by atoms with Gasteiger partial charge in [-0.3, -0.25) is 0 Å². The first-order valence-corrected chi connectivity index (χ1v) is 0.333. The Balaban J connectivity index is -0.00000000500. The van der Waals surface area contributed by atoms with Crippen molar-refractivity contribution in [1.82, 2.24) is 0 Å². The van der Waals surface area contributed by atoms with E-state index in [1.165, 1.54) is 0 Å². The lowest BCUT2D eigenvalue weighted by Crippen LogP contribution is -1.38. The predicted molar refractivity (Wildman–Crippen MR) is 33.7 cm³/mol. The topological polar surface area (TPSA) is 0 Å². The number of hydrogen-bond acceptors (Lipinski definition) is 0. The maximum Gasteiger partial charge on any atom is 0 e. The summed E-state index contributed by atoms with van der Waals surface area (Å²) in [5.74, 6) is 0. The summed E-state index contributed by atoms with van der Waals surface area (Å²) in [5, 5.41) is 0. The molecule has 4 heteroatoms. The molecule has 0 nitrogen and oxygen atoms in total. The summed E-state index contributed by atoms with van der Waals surface area (Å²) < 4.78 is 0. The lowest BCUT2D eigenvalue weighted by Gasteiger charge is -1.00. The smallest absolute Gasteiger partial charge is 0 e. The van der Waals surface area contributed by atoms with Crippen LogP contribution in [0.25, 0.3) is 0 Å². The zero-order valence-electron chi connectivity index (χ0n) is 2.57. The molecule has 0 aromatic rings. The minimum absolute atomic E-state index is 0. The van der Waals surface area contributed by atoms with Gasteiger partial charge in [-0.15, -0.1) is 0 Å². The summed E-state index contributed by atoms with van der Waals surface area (Å²) in [6, 6.07) is 0. The van der Waals surface area contributed by atoms with Crippen LogP contribution in [0, 0.1) is 0 Å². The maximum atomic E-state index is 4.00. The van der Waals surface area contributed by atoms with Gasteiger partial charge in [0.05, 0.1) is 0 Å². The Morgan fingerprint density at radius 2 is 0.750 bits per heavy atom. The quantitative estimate of drug-likeness (QED) is 0.274. The standard InChI is InChI=1S/B2.2H3P/c1-2;;/h;2*1H3. The molecule has 2 unspecified atom stereocenters. The van der Waals surface area contributed by atoms with E-state index in [0.717, 1.165) is 0 Å². The van der Waals surface area contributed by atoms with Crippen LogP contribution in [-0.2, 0) is 0 Å². The highest BCUT2D eigenvalue weighted by Crippen LogP contribution is 0.862. The van der Waals surface area contributed by atoms with Gasteiger partial charge in [-0.1, -0.05) is 0 Å².